The van der Waals surface area contributed by atoms with Gasteiger partial charge in [-0.05, 0) is 44.6 Å². The van der Waals surface area contributed by atoms with Crippen LogP contribution in [0.2, 0.25) is 0 Å². The highest BCUT2D eigenvalue weighted by molar-refractivity contribution is 7.19. The van der Waals surface area contributed by atoms with E-state index in [0.29, 0.717) is 19.0 Å². The van der Waals surface area contributed by atoms with E-state index in [1.54, 1.807) is 6.92 Å². The molecule has 0 spiro atoms. The zero-order valence-electron chi connectivity index (χ0n) is 17.7. The molecule has 1 fully saturated rings. The molecule has 29 heavy (non-hydrogen) atoms. The minimum absolute atomic E-state index is 0.0313. The average Bonchev–Trinajstić information content (AvgIpc) is 2.92. The highest BCUT2D eigenvalue weighted by Gasteiger charge is 2.28. The summed E-state index contributed by atoms with van der Waals surface area (Å²) in [7, 11) is 0. The molecule has 2 aromatic rings. The number of amides is 1. The van der Waals surface area contributed by atoms with E-state index in [1.165, 1.54) is 41.5 Å². The van der Waals surface area contributed by atoms with Crippen molar-refractivity contribution in [2.75, 3.05) is 31.1 Å². The SMILES string of the molecule is CCC(C)c1nc(N2CCN(C(=O)C(C)Cl)CC2)c2c3c(sc2n1)CCCCC3. The van der Waals surface area contributed by atoms with Crippen LogP contribution >= 0.6 is 22.9 Å². The molecule has 0 radical (unpaired) electrons. The first-order valence-corrected chi connectivity index (χ1v) is 12.2. The van der Waals surface area contributed by atoms with Gasteiger partial charge in [-0.3, -0.25) is 4.79 Å². The van der Waals surface area contributed by atoms with E-state index in [2.05, 4.69) is 18.7 Å². The van der Waals surface area contributed by atoms with E-state index >= 15 is 0 Å². The zero-order valence-corrected chi connectivity index (χ0v) is 19.3. The summed E-state index contributed by atoms with van der Waals surface area (Å²) in [5.74, 6) is 2.43. The summed E-state index contributed by atoms with van der Waals surface area (Å²) >= 11 is 7.90. The summed E-state index contributed by atoms with van der Waals surface area (Å²) in [5, 5.41) is 0.821. The maximum atomic E-state index is 12.3. The second-order valence-corrected chi connectivity index (χ2v) is 10.1. The molecule has 158 valence electrons. The number of thiophene rings is 1. The minimum Gasteiger partial charge on any atom is -0.352 e. The van der Waals surface area contributed by atoms with Crippen LogP contribution in [0.4, 0.5) is 5.82 Å². The number of piperazine rings is 1. The van der Waals surface area contributed by atoms with E-state index in [0.717, 1.165) is 42.4 Å². The van der Waals surface area contributed by atoms with Crippen LogP contribution in [0.5, 0.6) is 0 Å². The van der Waals surface area contributed by atoms with Gasteiger partial charge in [-0.25, -0.2) is 9.97 Å². The van der Waals surface area contributed by atoms with Gasteiger partial charge in [0.05, 0.1) is 5.39 Å². The molecule has 2 aliphatic rings. The number of carbonyl (C=O) groups excluding carboxylic acids is 1. The Kier molecular flexibility index (Phi) is 6.30. The molecule has 7 heteroatoms. The Morgan fingerprint density at radius 2 is 1.83 bits per heavy atom. The molecule has 5 nitrogen and oxygen atoms in total. The van der Waals surface area contributed by atoms with Gasteiger partial charge in [0.25, 0.3) is 0 Å². The van der Waals surface area contributed by atoms with Gasteiger partial charge in [0.2, 0.25) is 5.91 Å². The predicted molar refractivity (Wildman–Crippen MR) is 121 cm³/mol. The number of nitrogens with zero attached hydrogens (tertiary/aromatic N) is 4. The number of anilines is 1. The van der Waals surface area contributed by atoms with Crippen LogP contribution in [0.25, 0.3) is 10.2 Å². The molecule has 0 aromatic carbocycles. The highest BCUT2D eigenvalue weighted by atomic mass is 35.5. The molecular weight excluding hydrogens is 404 g/mol. The maximum Gasteiger partial charge on any atom is 0.240 e. The van der Waals surface area contributed by atoms with Crippen LogP contribution in [-0.2, 0) is 17.6 Å². The first-order valence-electron chi connectivity index (χ1n) is 11.0. The second kappa shape index (κ2) is 8.76. The summed E-state index contributed by atoms with van der Waals surface area (Å²) < 4.78 is 0. The van der Waals surface area contributed by atoms with Crippen molar-refractivity contribution in [2.45, 2.75) is 70.6 Å². The van der Waals surface area contributed by atoms with Crippen molar-refractivity contribution in [3.63, 3.8) is 0 Å². The monoisotopic (exact) mass is 434 g/mol. The molecule has 2 atom stereocenters. The number of hydrogen-bond donors (Lipinski definition) is 0. The molecule has 1 aliphatic heterocycles. The van der Waals surface area contributed by atoms with Crippen molar-refractivity contribution < 1.29 is 4.79 Å². The third-order valence-corrected chi connectivity index (χ3v) is 7.72. The predicted octanol–water partition coefficient (Wildman–Crippen LogP) is 4.75. The molecule has 2 aromatic heterocycles. The molecular formula is C22H31ClN4OS. The number of halogens is 1. The molecule has 0 bridgehead atoms. The number of aryl methyl sites for hydroxylation is 2. The summed E-state index contributed by atoms with van der Waals surface area (Å²) in [6, 6.07) is 0. The Morgan fingerprint density at radius 3 is 2.52 bits per heavy atom. The Morgan fingerprint density at radius 1 is 1.10 bits per heavy atom. The summed E-state index contributed by atoms with van der Waals surface area (Å²) in [4.78, 5) is 29.3. The van der Waals surface area contributed by atoms with Gasteiger partial charge < -0.3 is 9.80 Å². The Labute approximate surface area is 182 Å². The summed E-state index contributed by atoms with van der Waals surface area (Å²) in [6.45, 7) is 9.15. The van der Waals surface area contributed by atoms with Crippen LogP contribution in [0.3, 0.4) is 0 Å². The lowest BCUT2D eigenvalue weighted by Crippen LogP contribution is -2.50. The fraction of sp³-hybridized carbons (Fsp3) is 0.682. The molecule has 1 amide bonds. The van der Waals surface area contributed by atoms with Crippen LogP contribution in [0.1, 0.15) is 68.6 Å². The third-order valence-electron chi connectivity index (χ3n) is 6.35. The Bertz CT molecular complexity index is 889. The average molecular weight is 435 g/mol. The fourth-order valence-electron chi connectivity index (χ4n) is 4.35. The van der Waals surface area contributed by atoms with Gasteiger partial charge >= 0.3 is 0 Å². The van der Waals surface area contributed by atoms with Crippen molar-refractivity contribution >= 4 is 44.9 Å². The number of rotatable bonds is 4. The number of aromatic nitrogens is 2. The van der Waals surface area contributed by atoms with Gasteiger partial charge in [-0.2, -0.15) is 0 Å². The molecule has 1 aliphatic carbocycles. The van der Waals surface area contributed by atoms with Crippen LogP contribution < -0.4 is 4.90 Å². The number of alkyl halides is 1. The van der Waals surface area contributed by atoms with Gasteiger partial charge in [-0.15, -0.1) is 22.9 Å². The van der Waals surface area contributed by atoms with Crippen molar-refractivity contribution in [3.05, 3.63) is 16.3 Å². The lowest BCUT2D eigenvalue weighted by atomic mass is 10.1. The minimum atomic E-state index is -0.461. The Balaban J connectivity index is 1.72. The number of hydrogen-bond acceptors (Lipinski definition) is 5. The quantitative estimate of drug-likeness (QED) is 0.514. The van der Waals surface area contributed by atoms with E-state index < -0.39 is 5.38 Å². The van der Waals surface area contributed by atoms with Crippen LogP contribution in [0.15, 0.2) is 0 Å². The van der Waals surface area contributed by atoms with Crippen LogP contribution in [0, 0.1) is 0 Å². The standard InChI is InChI=1S/C22H31ClN4OS/c1-4-14(2)19-24-20(26-10-12-27(13-11-26)22(28)15(3)23)18-16-8-6-5-7-9-17(16)29-21(18)25-19/h14-15H,4-13H2,1-3H3. The molecule has 1 saturated heterocycles. The second-order valence-electron chi connectivity index (χ2n) is 8.39. The zero-order chi connectivity index (χ0) is 20.5. The largest absolute Gasteiger partial charge is 0.352 e. The van der Waals surface area contributed by atoms with Crippen molar-refractivity contribution in [3.8, 4) is 0 Å². The van der Waals surface area contributed by atoms with E-state index in [-0.39, 0.29) is 5.91 Å². The van der Waals surface area contributed by atoms with Gasteiger partial charge in [0, 0.05) is 37.0 Å². The third kappa shape index (κ3) is 4.11. The molecule has 0 saturated carbocycles. The molecule has 3 heterocycles. The van der Waals surface area contributed by atoms with E-state index in [4.69, 9.17) is 21.6 Å². The summed E-state index contributed by atoms with van der Waals surface area (Å²) in [6.07, 6.45) is 7.17. The lowest BCUT2D eigenvalue weighted by molar-refractivity contribution is -0.130. The normalized spacial score (nSPS) is 19.7. The smallest absolute Gasteiger partial charge is 0.240 e. The molecule has 0 N–H and O–H groups in total. The fourth-order valence-corrected chi connectivity index (χ4v) is 5.75. The van der Waals surface area contributed by atoms with Crippen LogP contribution in [-0.4, -0.2) is 52.3 Å². The summed E-state index contributed by atoms with van der Waals surface area (Å²) in [5.41, 5.74) is 1.49. The van der Waals surface area contributed by atoms with E-state index in [1.807, 2.05) is 16.2 Å². The van der Waals surface area contributed by atoms with E-state index in [9.17, 15) is 4.79 Å². The maximum absolute atomic E-state index is 12.3. The first kappa shape index (κ1) is 20.9. The highest BCUT2D eigenvalue weighted by Crippen LogP contribution is 2.40. The molecule has 2 unspecified atom stereocenters. The van der Waals surface area contributed by atoms with Crippen molar-refractivity contribution in [1.82, 2.24) is 14.9 Å². The first-order chi connectivity index (χ1) is 14.0. The van der Waals surface area contributed by atoms with Gasteiger partial charge in [0.15, 0.2) is 0 Å². The molecule has 4 rings (SSSR count). The Hall–Kier alpha value is -1.40. The lowest BCUT2D eigenvalue weighted by Gasteiger charge is -2.36. The van der Waals surface area contributed by atoms with Gasteiger partial charge in [-0.1, -0.05) is 20.3 Å². The number of fused-ring (bicyclic) bond motifs is 3. The number of carbonyl (C=O) groups is 1. The topological polar surface area (TPSA) is 49.3 Å². The van der Waals surface area contributed by atoms with Crippen molar-refractivity contribution in [1.29, 1.82) is 0 Å². The van der Waals surface area contributed by atoms with Crippen molar-refractivity contribution in [2.24, 2.45) is 0 Å². The van der Waals surface area contributed by atoms with Gasteiger partial charge in [0.1, 0.15) is 21.8 Å².